The molecule has 0 unspecified atom stereocenters. The summed E-state index contributed by atoms with van der Waals surface area (Å²) in [5.41, 5.74) is 1.73. The molecule has 3 nitrogen and oxygen atoms in total. The van der Waals surface area contributed by atoms with E-state index < -0.39 is 0 Å². The molecule has 0 spiro atoms. The number of aryl methyl sites for hydroxylation is 1. The maximum atomic E-state index is 13.1. The predicted molar refractivity (Wildman–Crippen MR) is 74.3 cm³/mol. The van der Waals surface area contributed by atoms with Crippen LogP contribution in [0.5, 0.6) is 0 Å². The van der Waals surface area contributed by atoms with E-state index in [2.05, 4.69) is 26.2 Å². The molecular weight excluding hydrogens is 321 g/mol. The number of imidazole rings is 1. The van der Waals surface area contributed by atoms with Gasteiger partial charge in [-0.15, -0.1) is 0 Å². The third-order valence-corrected chi connectivity index (χ3v) is 3.52. The van der Waals surface area contributed by atoms with Gasteiger partial charge in [0.1, 0.15) is 5.82 Å². The van der Waals surface area contributed by atoms with E-state index in [-0.39, 0.29) is 5.82 Å². The highest BCUT2D eigenvalue weighted by Gasteiger charge is 2.08. The van der Waals surface area contributed by atoms with Crippen LogP contribution < -0.4 is 5.32 Å². The quantitative estimate of drug-likeness (QED) is 0.914. The normalized spacial score (nSPS) is 10.7. The van der Waals surface area contributed by atoms with Crippen molar-refractivity contribution in [3.63, 3.8) is 0 Å². The van der Waals surface area contributed by atoms with Crippen molar-refractivity contribution in [1.29, 1.82) is 0 Å². The first kappa shape index (κ1) is 13.4. The van der Waals surface area contributed by atoms with E-state index in [0.29, 0.717) is 21.7 Å². The number of halogens is 3. The van der Waals surface area contributed by atoms with Gasteiger partial charge in [0.25, 0.3) is 0 Å². The van der Waals surface area contributed by atoms with Crippen molar-refractivity contribution in [3.8, 4) is 0 Å². The SMILES string of the molecule is CCn1cncc1CNc1c(Cl)cc(F)cc1Br. The van der Waals surface area contributed by atoms with Crippen LogP contribution in [-0.4, -0.2) is 9.55 Å². The summed E-state index contributed by atoms with van der Waals surface area (Å²) in [6.07, 6.45) is 3.57. The molecular formula is C12H12BrClFN3. The first-order valence-corrected chi connectivity index (χ1v) is 6.66. The van der Waals surface area contributed by atoms with Crippen LogP contribution in [0.15, 0.2) is 29.1 Å². The molecule has 2 rings (SSSR count). The summed E-state index contributed by atoms with van der Waals surface area (Å²) < 4.78 is 15.7. The highest BCUT2D eigenvalue weighted by atomic mass is 79.9. The molecule has 2 aromatic rings. The highest BCUT2D eigenvalue weighted by Crippen LogP contribution is 2.31. The van der Waals surface area contributed by atoms with Crippen LogP contribution in [0.1, 0.15) is 12.6 Å². The van der Waals surface area contributed by atoms with Gasteiger partial charge in [-0.1, -0.05) is 11.6 Å². The number of anilines is 1. The second-order valence-corrected chi connectivity index (χ2v) is 5.03. The van der Waals surface area contributed by atoms with E-state index in [1.54, 1.807) is 12.5 Å². The maximum Gasteiger partial charge on any atom is 0.125 e. The van der Waals surface area contributed by atoms with Gasteiger partial charge in [-0.3, -0.25) is 0 Å². The number of hydrogen-bond donors (Lipinski definition) is 1. The third-order valence-electron chi connectivity index (χ3n) is 2.59. The van der Waals surface area contributed by atoms with Gasteiger partial charge in [0.05, 0.1) is 29.3 Å². The van der Waals surface area contributed by atoms with Gasteiger partial charge < -0.3 is 9.88 Å². The lowest BCUT2D eigenvalue weighted by molar-refractivity contribution is 0.627. The van der Waals surface area contributed by atoms with E-state index in [9.17, 15) is 4.39 Å². The standard InChI is InChI=1S/C12H12BrClFN3/c1-2-18-7-16-5-9(18)6-17-12-10(13)3-8(15)4-11(12)14/h3-5,7,17H,2,6H2,1H3. The van der Waals surface area contributed by atoms with E-state index >= 15 is 0 Å². The fourth-order valence-corrected chi connectivity index (χ4v) is 2.63. The van der Waals surface area contributed by atoms with E-state index in [0.717, 1.165) is 12.2 Å². The minimum absolute atomic E-state index is 0.351. The van der Waals surface area contributed by atoms with Gasteiger partial charge in [-0.05, 0) is 35.0 Å². The van der Waals surface area contributed by atoms with Crippen molar-refractivity contribution < 1.29 is 4.39 Å². The molecule has 1 aromatic carbocycles. The molecule has 1 heterocycles. The summed E-state index contributed by atoms with van der Waals surface area (Å²) in [5, 5.41) is 3.53. The van der Waals surface area contributed by atoms with Crippen LogP contribution in [0.2, 0.25) is 5.02 Å². The van der Waals surface area contributed by atoms with Crippen LogP contribution in [-0.2, 0) is 13.1 Å². The fraction of sp³-hybridized carbons (Fsp3) is 0.250. The molecule has 0 aliphatic heterocycles. The Labute approximate surface area is 118 Å². The number of nitrogens with zero attached hydrogens (tertiary/aromatic N) is 2. The Bertz CT molecular complexity index is 533. The first-order chi connectivity index (χ1) is 8.61. The minimum Gasteiger partial charge on any atom is -0.377 e. The van der Waals surface area contributed by atoms with Crippen LogP contribution in [0.3, 0.4) is 0 Å². The Morgan fingerprint density at radius 1 is 1.50 bits per heavy atom. The zero-order chi connectivity index (χ0) is 13.1. The topological polar surface area (TPSA) is 29.9 Å². The number of rotatable bonds is 4. The molecule has 0 aliphatic rings. The number of aromatic nitrogens is 2. The largest absolute Gasteiger partial charge is 0.377 e. The smallest absolute Gasteiger partial charge is 0.125 e. The lowest BCUT2D eigenvalue weighted by atomic mass is 10.3. The van der Waals surface area contributed by atoms with Gasteiger partial charge >= 0.3 is 0 Å². The average molecular weight is 333 g/mol. The molecule has 0 fully saturated rings. The van der Waals surface area contributed by atoms with Crippen LogP contribution in [0.25, 0.3) is 0 Å². The molecule has 0 amide bonds. The second-order valence-electron chi connectivity index (χ2n) is 3.77. The van der Waals surface area contributed by atoms with Crippen molar-refractivity contribution >= 4 is 33.2 Å². The van der Waals surface area contributed by atoms with Crippen molar-refractivity contribution in [2.45, 2.75) is 20.0 Å². The summed E-state index contributed by atoms with van der Waals surface area (Å²) in [6.45, 7) is 3.49. The summed E-state index contributed by atoms with van der Waals surface area (Å²) in [5.74, 6) is -0.365. The maximum absolute atomic E-state index is 13.1. The fourth-order valence-electron chi connectivity index (χ4n) is 1.67. The molecule has 0 bridgehead atoms. The summed E-state index contributed by atoms with van der Waals surface area (Å²) in [6, 6.07) is 2.66. The monoisotopic (exact) mass is 331 g/mol. The van der Waals surface area contributed by atoms with Gasteiger partial charge in [-0.25, -0.2) is 9.37 Å². The van der Waals surface area contributed by atoms with Crippen molar-refractivity contribution in [2.24, 2.45) is 0 Å². The first-order valence-electron chi connectivity index (χ1n) is 5.49. The molecule has 1 N–H and O–H groups in total. The molecule has 96 valence electrons. The van der Waals surface area contributed by atoms with Crippen LogP contribution >= 0.6 is 27.5 Å². The van der Waals surface area contributed by atoms with Gasteiger partial charge in [0.2, 0.25) is 0 Å². The Balaban J connectivity index is 2.16. The Kier molecular flexibility index (Phi) is 4.24. The lowest BCUT2D eigenvalue weighted by Crippen LogP contribution is -2.06. The number of nitrogens with one attached hydrogen (secondary N) is 1. The molecule has 0 atom stereocenters. The van der Waals surface area contributed by atoms with E-state index in [1.165, 1.54) is 12.1 Å². The molecule has 6 heteroatoms. The highest BCUT2D eigenvalue weighted by molar-refractivity contribution is 9.10. The average Bonchev–Trinajstić information content (AvgIpc) is 2.75. The van der Waals surface area contributed by atoms with Crippen molar-refractivity contribution in [2.75, 3.05) is 5.32 Å². The van der Waals surface area contributed by atoms with E-state index in [4.69, 9.17) is 11.6 Å². The van der Waals surface area contributed by atoms with Gasteiger partial charge in [0, 0.05) is 17.2 Å². The predicted octanol–water partition coefficient (Wildman–Crippen LogP) is 4.07. The molecule has 18 heavy (non-hydrogen) atoms. The Hall–Kier alpha value is -1.07. The lowest BCUT2D eigenvalue weighted by Gasteiger charge is -2.11. The van der Waals surface area contributed by atoms with Gasteiger partial charge in [0.15, 0.2) is 0 Å². The zero-order valence-corrected chi connectivity index (χ0v) is 12.1. The zero-order valence-electron chi connectivity index (χ0n) is 9.75. The van der Waals surface area contributed by atoms with Gasteiger partial charge in [-0.2, -0.15) is 0 Å². The molecule has 0 saturated heterocycles. The third kappa shape index (κ3) is 2.84. The molecule has 1 aromatic heterocycles. The molecule has 0 radical (unpaired) electrons. The summed E-state index contributed by atoms with van der Waals surface area (Å²) >= 11 is 9.28. The van der Waals surface area contributed by atoms with E-state index in [1.807, 2.05) is 11.5 Å². The van der Waals surface area contributed by atoms with Crippen molar-refractivity contribution in [3.05, 3.63) is 45.7 Å². The Morgan fingerprint density at radius 3 is 2.94 bits per heavy atom. The van der Waals surface area contributed by atoms with Crippen molar-refractivity contribution in [1.82, 2.24) is 9.55 Å². The summed E-state index contributed by atoms with van der Waals surface area (Å²) in [7, 11) is 0. The molecule has 0 aliphatic carbocycles. The van der Waals surface area contributed by atoms with Crippen LogP contribution in [0, 0.1) is 5.82 Å². The number of hydrogen-bond acceptors (Lipinski definition) is 2. The minimum atomic E-state index is -0.365. The Morgan fingerprint density at radius 2 is 2.28 bits per heavy atom. The second kappa shape index (κ2) is 5.71. The summed E-state index contributed by atoms with van der Waals surface area (Å²) in [4.78, 5) is 4.08. The van der Waals surface area contributed by atoms with Crippen LogP contribution in [0.4, 0.5) is 10.1 Å². The number of benzene rings is 1. The molecule has 0 saturated carbocycles.